The summed E-state index contributed by atoms with van der Waals surface area (Å²) in [6, 6.07) is 9.09. The van der Waals surface area contributed by atoms with Gasteiger partial charge in [-0.05, 0) is 24.3 Å². The average Bonchev–Trinajstić information content (AvgIpc) is 2.49. The summed E-state index contributed by atoms with van der Waals surface area (Å²) in [4.78, 5) is 16.5. The third kappa shape index (κ3) is 1.74. The molecule has 3 rings (SSSR count). The number of fused-ring (bicyclic) bond motifs is 2. The van der Waals surface area contributed by atoms with Gasteiger partial charge in [-0.25, -0.2) is 0 Å². The van der Waals surface area contributed by atoms with E-state index in [0.29, 0.717) is 23.6 Å². The Morgan fingerprint density at radius 2 is 2.18 bits per heavy atom. The van der Waals surface area contributed by atoms with Crippen LogP contribution in [0.5, 0.6) is 5.75 Å². The van der Waals surface area contributed by atoms with E-state index in [1.165, 1.54) is 0 Å². The molecule has 1 aliphatic heterocycles. The van der Waals surface area contributed by atoms with Crippen LogP contribution in [0.4, 0.5) is 0 Å². The van der Waals surface area contributed by atoms with E-state index in [4.69, 9.17) is 4.74 Å². The fraction of sp³-hybridized carbons (Fsp3) is 0.0769. The van der Waals surface area contributed by atoms with Crippen molar-refractivity contribution in [2.75, 3.05) is 0 Å². The summed E-state index contributed by atoms with van der Waals surface area (Å²) in [6.07, 6.45) is 1.62. The number of nitrogens with zero attached hydrogens (tertiary/aromatic N) is 1. The van der Waals surface area contributed by atoms with Gasteiger partial charge in [-0.2, -0.15) is 0 Å². The van der Waals surface area contributed by atoms with Gasteiger partial charge in [0.25, 0.3) is 0 Å². The standard InChI is InChI=1S/C13H8BrNO2/c14-9-3-4-11-10(6-9)13(16)12-8(7-17-11)2-1-5-15-12/h1-6H,7H2. The lowest BCUT2D eigenvalue weighted by atomic mass is 10.0. The lowest BCUT2D eigenvalue weighted by molar-refractivity contribution is 0.103. The number of benzene rings is 1. The molecule has 17 heavy (non-hydrogen) atoms. The maximum Gasteiger partial charge on any atom is 0.215 e. The summed E-state index contributed by atoms with van der Waals surface area (Å²) in [6.45, 7) is 0.379. The van der Waals surface area contributed by atoms with Crippen LogP contribution < -0.4 is 4.74 Å². The zero-order valence-electron chi connectivity index (χ0n) is 8.81. The van der Waals surface area contributed by atoms with Gasteiger partial charge in [0, 0.05) is 16.2 Å². The van der Waals surface area contributed by atoms with Crippen molar-refractivity contribution in [2.45, 2.75) is 6.61 Å². The van der Waals surface area contributed by atoms with Gasteiger partial charge < -0.3 is 4.74 Å². The SMILES string of the molecule is O=C1c2cc(Br)ccc2OCc2cccnc21. The first-order valence-corrected chi connectivity index (χ1v) is 5.96. The Bertz CT molecular complexity index is 610. The zero-order chi connectivity index (χ0) is 11.8. The molecule has 3 nitrogen and oxygen atoms in total. The van der Waals surface area contributed by atoms with Crippen LogP contribution in [0, 0.1) is 0 Å². The molecule has 84 valence electrons. The Morgan fingerprint density at radius 3 is 3.06 bits per heavy atom. The van der Waals surface area contributed by atoms with Crippen LogP contribution in [0.2, 0.25) is 0 Å². The monoisotopic (exact) mass is 289 g/mol. The largest absolute Gasteiger partial charge is 0.488 e. The predicted molar refractivity (Wildman–Crippen MR) is 66.1 cm³/mol. The van der Waals surface area contributed by atoms with Crippen LogP contribution in [0.25, 0.3) is 0 Å². The zero-order valence-corrected chi connectivity index (χ0v) is 10.4. The van der Waals surface area contributed by atoms with Gasteiger partial charge in [0.15, 0.2) is 0 Å². The van der Waals surface area contributed by atoms with Crippen molar-refractivity contribution < 1.29 is 9.53 Å². The summed E-state index contributed by atoms with van der Waals surface area (Å²) in [5.74, 6) is 0.519. The van der Waals surface area contributed by atoms with Crippen LogP contribution in [0.15, 0.2) is 41.0 Å². The second-order valence-electron chi connectivity index (χ2n) is 3.77. The molecule has 0 fully saturated rings. The average molecular weight is 290 g/mol. The number of rotatable bonds is 0. The number of carbonyl (C=O) groups is 1. The molecule has 0 bridgehead atoms. The highest BCUT2D eigenvalue weighted by Crippen LogP contribution is 2.29. The second kappa shape index (κ2) is 3.96. The molecule has 0 amide bonds. The lowest BCUT2D eigenvalue weighted by Gasteiger charge is -2.05. The van der Waals surface area contributed by atoms with E-state index in [2.05, 4.69) is 20.9 Å². The van der Waals surface area contributed by atoms with E-state index in [1.807, 2.05) is 12.1 Å². The summed E-state index contributed by atoms with van der Waals surface area (Å²) >= 11 is 3.36. The first-order valence-electron chi connectivity index (χ1n) is 5.16. The van der Waals surface area contributed by atoms with E-state index < -0.39 is 0 Å². The molecule has 0 atom stereocenters. The van der Waals surface area contributed by atoms with E-state index in [-0.39, 0.29) is 5.78 Å². The van der Waals surface area contributed by atoms with Crippen molar-refractivity contribution in [3.05, 3.63) is 57.8 Å². The molecule has 2 heterocycles. The van der Waals surface area contributed by atoms with E-state index in [1.54, 1.807) is 24.4 Å². The van der Waals surface area contributed by atoms with Crippen molar-refractivity contribution in [3.8, 4) is 5.75 Å². The predicted octanol–water partition coefficient (Wildman–Crippen LogP) is 2.97. The summed E-state index contributed by atoms with van der Waals surface area (Å²) in [5.41, 5.74) is 1.85. The molecule has 2 aromatic rings. The highest BCUT2D eigenvalue weighted by molar-refractivity contribution is 9.10. The molecule has 1 aromatic heterocycles. The minimum atomic E-state index is -0.0885. The molecule has 1 aliphatic rings. The number of hydrogen-bond donors (Lipinski definition) is 0. The Balaban J connectivity index is 2.22. The van der Waals surface area contributed by atoms with Crippen molar-refractivity contribution in [1.29, 1.82) is 0 Å². The van der Waals surface area contributed by atoms with Crippen LogP contribution in [-0.2, 0) is 6.61 Å². The van der Waals surface area contributed by atoms with Gasteiger partial charge in [0.2, 0.25) is 5.78 Å². The fourth-order valence-corrected chi connectivity index (χ4v) is 2.21. The third-order valence-electron chi connectivity index (χ3n) is 2.68. The molecule has 0 radical (unpaired) electrons. The number of ether oxygens (including phenoxy) is 1. The van der Waals surface area contributed by atoms with Gasteiger partial charge >= 0.3 is 0 Å². The Morgan fingerprint density at radius 1 is 1.29 bits per heavy atom. The molecule has 1 aromatic carbocycles. The van der Waals surface area contributed by atoms with Crippen molar-refractivity contribution in [3.63, 3.8) is 0 Å². The van der Waals surface area contributed by atoms with Gasteiger partial charge in [-0.15, -0.1) is 0 Å². The maximum atomic E-state index is 12.3. The molecular weight excluding hydrogens is 282 g/mol. The Kier molecular flexibility index (Phi) is 2.44. The number of halogens is 1. The normalized spacial score (nSPS) is 13.4. The first kappa shape index (κ1) is 10.5. The van der Waals surface area contributed by atoms with Crippen LogP contribution in [0.3, 0.4) is 0 Å². The topological polar surface area (TPSA) is 39.2 Å². The van der Waals surface area contributed by atoms with Crippen LogP contribution in [0.1, 0.15) is 21.6 Å². The molecule has 0 spiro atoms. The Labute approximate surface area is 107 Å². The highest BCUT2D eigenvalue weighted by Gasteiger charge is 2.23. The maximum absolute atomic E-state index is 12.3. The van der Waals surface area contributed by atoms with Gasteiger partial charge in [0.1, 0.15) is 18.1 Å². The molecule has 4 heteroatoms. The fourth-order valence-electron chi connectivity index (χ4n) is 1.85. The van der Waals surface area contributed by atoms with Gasteiger partial charge in [-0.3, -0.25) is 9.78 Å². The number of ketones is 1. The van der Waals surface area contributed by atoms with Crippen LogP contribution >= 0.6 is 15.9 Å². The summed E-state index contributed by atoms with van der Waals surface area (Å²) in [7, 11) is 0. The molecule has 0 saturated heterocycles. The second-order valence-corrected chi connectivity index (χ2v) is 4.69. The van der Waals surface area contributed by atoms with E-state index >= 15 is 0 Å². The smallest absolute Gasteiger partial charge is 0.215 e. The van der Waals surface area contributed by atoms with Crippen molar-refractivity contribution in [1.82, 2.24) is 4.98 Å². The van der Waals surface area contributed by atoms with E-state index in [0.717, 1.165) is 10.0 Å². The molecular formula is C13H8BrNO2. The van der Waals surface area contributed by atoms with Crippen molar-refractivity contribution in [2.24, 2.45) is 0 Å². The summed E-state index contributed by atoms with van der Waals surface area (Å²) in [5, 5.41) is 0. The number of pyridine rings is 1. The number of carbonyl (C=O) groups excluding carboxylic acids is 1. The van der Waals surface area contributed by atoms with Crippen molar-refractivity contribution >= 4 is 21.7 Å². The third-order valence-corrected chi connectivity index (χ3v) is 3.17. The quantitative estimate of drug-likeness (QED) is 0.748. The first-order chi connectivity index (χ1) is 8.25. The van der Waals surface area contributed by atoms with Crippen LogP contribution in [-0.4, -0.2) is 10.8 Å². The molecule has 0 aliphatic carbocycles. The number of hydrogen-bond acceptors (Lipinski definition) is 3. The minimum absolute atomic E-state index is 0.0885. The van der Waals surface area contributed by atoms with E-state index in [9.17, 15) is 4.79 Å². The Hall–Kier alpha value is -1.68. The highest BCUT2D eigenvalue weighted by atomic mass is 79.9. The molecule has 0 saturated carbocycles. The van der Waals surface area contributed by atoms with Gasteiger partial charge in [0.05, 0.1) is 5.56 Å². The molecule has 0 N–H and O–H groups in total. The lowest BCUT2D eigenvalue weighted by Crippen LogP contribution is -2.05. The number of aromatic nitrogens is 1. The van der Waals surface area contributed by atoms with Gasteiger partial charge in [-0.1, -0.05) is 22.0 Å². The minimum Gasteiger partial charge on any atom is -0.488 e. The molecule has 0 unspecified atom stereocenters. The summed E-state index contributed by atoms with van der Waals surface area (Å²) < 4.78 is 6.47.